The lowest BCUT2D eigenvalue weighted by molar-refractivity contribution is -0.144. The highest BCUT2D eigenvalue weighted by Gasteiger charge is 2.32. The van der Waals surface area contributed by atoms with E-state index in [2.05, 4.69) is 19.2 Å². The molecule has 0 aliphatic carbocycles. The quantitative estimate of drug-likeness (QED) is 0.796. The highest BCUT2D eigenvalue weighted by molar-refractivity contribution is 5.81. The van der Waals surface area contributed by atoms with Crippen molar-refractivity contribution in [2.75, 3.05) is 32.8 Å². The van der Waals surface area contributed by atoms with Crippen LogP contribution in [0.1, 0.15) is 26.7 Å². The Morgan fingerprint density at radius 2 is 2.35 bits per heavy atom. The number of carbonyl (C=O) groups is 1. The molecule has 0 aromatic carbocycles. The molecule has 0 bridgehead atoms. The van der Waals surface area contributed by atoms with Crippen LogP contribution in [0.25, 0.3) is 0 Å². The molecule has 2 unspecified atom stereocenters. The van der Waals surface area contributed by atoms with Gasteiger partial charge >= 0.3 is 0 Å². The largest absolute Gasteiger partial charge is 0.366 e. The molecule has 2 aliphatic heterocycles. The van der Waals surface area contributed by atoms with E-state index in [9.17, 15) is 4.79 Å². The van der Waals surface area contributed by atoms with E-state index >= 15 is 0 Å². The van der Waals surface area contributed by atoms with Crippen molar-refractivity contribution in [1.29, 1.82) is 0 Å². The summed E-state index contributed by atoms with van der Waals surface area (Å²) in [6.45, 7) is 8.52. The second-order valence-electron chi connectivity index (χ2n) is 5.63. The maximum absolute atomic E-state index is 12.2. The van der Waals surface area contributed by atoms with Crippen molar-refractivity contribution in [1.82, 2.24) is 10.2 Å². The molecule has 98 valence electrons. The molecule has 2 fully saturated rings. The first kappa shape index (κ1) is 12.8. The number of hydrogen-bond acceptors (Lipinski definition) is 3. The highest BCUT2D eigenvalue weighted by atomic mass is 16.5. The Labute approximate surface area is 104 Å². The van der Waals surface area contributed by atoms with E-state index < -0.39 is 0 Å². The summed E-state index contributed by atoms with van der Waals surface area (Å²) >= 11 is 0. The zero-order valence-electron chi connectivity index (χ0n) is 10.9. The van der Waals surface area contributed by atoms with Gasteiger partial charge in [-0.3, -0.25) is 4.79 Å². The minimum absolute atomic E-state index is 0.184. The third-order valence-corrected chi connectivity index (χ3v) is 3.61. The van der Waals surface area contributed by atoms with Gasteiger partial charge in [0.05, 0.1) is 6.61 Å². The number of likely N-dealkylation sites (tertiary alicyclic amines) is 1. The molecular weight excluding hydrogens is 216 g/mol. The van der Waals surface area contributed by atoms with Gasteiger partial charge in [-0.15, -0.1) is 0 Å². The maximum atomic E-state index is 12.2. The molecule has 17 heavy (non-hydrogen) atoms. The fourth-order valence-corrected chi connectivity index (χ4v) is 2.82. The summed E-state index contributed by atoms with van der Waals surface area (Å²) in [6.07, 6.45) is 2.14. The topological polar surface area (TPSA) is 41.6 Å². The van der Waals surface area contributed by atoms with E-state index in [1.54, 1.807) is 0 Å². The number of hydrogen-bond donors (Lipinski definition) is 1. The zero-order valence-corrected chi connectivity index (χ0v) is 10.9. The molecule has 1 N–H and O–H groups in total. The number of carbonyl (C=O) groups excluding carboxylic acids is 1. The molecule has 0 radical (unpaired) electrons. The van der Waals surface area contributed by atoms with Gasteiger partial charge in [0.1, 0.15) is 6.10 Å². The minimum Gasteiger partial charge on any atom is -0.366 e. The summed E-state index contributed by atoms with van der Waals surface area (Å²) in [7, 11) is 0. The first-order chi connectivity index (χ1) is 8.16. The van der Waals surface area contributed by atoms with Crippen LogP contribution in [0.2, 0.25) is 0 Å². The minimum atomic E-state index is -0.249. The normalized spacial score (nSPS) is 29.9. The van der Waals surface area contributed by atoms with E-state index in [4.69, 9.17) is 4.74 Å². The van der Waals surface area contributed by atoms with E-state index in [0.717, 1.165) is 32.0 Å². The molecule has 4 nitrogen and oxygen atoms in total. The van der Waals surface area contributed by atoms with Gasteiger partial charge in [0, 0.05) is 26.2 Å². The van der Waals surface area contributed by atoms with Gasteiger partial charge in [-0.25, -0.2) is 0 Å². The van der Waals surface area contributed by atoms with E-state index in [-0.39, 0.29) is 12.0 Å². The number of rotatable bonds is 3. The molecule has 2 rings (SSSR count). The summed E-state index contributed by atoms with van der Waals surface area (Å²) in [6, 6.07) is 0. The van der Waals surface area contributed by atoms with Crippen LogP contribution in [-0.2, 0) is 9.53 Å². The number of nitrogens with zero attached hydrogens (tertiary/aromatic N) is 1. The van der Waals surface area contributed by atoms with Crippen LogP contribution < -0.4 is 5.32 Å². The summed E-state index contributed by atoms with van der Waals surface area (Å²) in [4.78, 5) is 14.2. The lowest BCUT2D eigenvalue weighted by atomic mass is 9.97. The fourth-order valence-electron chi connectivity index (χ4n) is 2.82. The molecule has 0 saturated carbocycles. The third kappa shape index (κ3) is 3.42. The van der Waals surface area contributed by atoms with Gasteiger partial charge in [-0.2, -0.15) is 0 Å². The first-order valence-corrected chi connectivity index (χ1v) is 6.78. The number of ether oxygens (including phenoxy) is 1. The predicted octanol–water partition coefficient (Wildman–Crippen LogP) is 0.869. The van der Waals surface area contributed by atoms with Gasteiger partial charge in [-0.05, 0) is 24.7 Å². The second-order valence-corrected chi connectivity index (χ2v) is 5.63. The van der Waals surface area contributed by atoms with Crippen molar-refractivity contribution in [2.45, 2.75) is 32.8 Å². The van der Waals surface area contributed by atoms with Gasteiger partial charge in [0.15, 0.2) is 0 Å². The van der Waals surface area contributed by atoms with Crippen LogP contribution in [0.3, 0.4) is 0 Å². The Morgan fingerprint density at radius 1 is 1.53 bits per heavy atom. The Kier molecular flexibility index (Phi) is 4.40. The summed E-state index contributed by atoms with van der Waals surface area (Å²) < 4.78 is 5.51. The standard InChI is InChI=1S/C13H24N2O2/c1-10(2)7-11-3-5-15(9-11)13(16)12-8-14-4-6-17-12/h10-12,14H,3-9H2,1-2H3. The van der Waals surface area contributed by atoms with Crippen LogP contribution in [0.15, 0.2) is 0 Å². The SMILES string of the molecule is CC(C)CC1CCN(C(=O)C2CNCCO2)C1. The van der Waals surface area contributed by atoms with Gasteiger partial charge in [0.2, 0.25) is 0 Å². The van der Waals surface area contributed by atoms with Gasteiger partial charge in [-0.1, -0.05) is 13.8 Å². The summed E-state index contributed by atoms with van der Waals surface area (Å²) in [5.41, 5.74) is 0. The average Bonchev–Trinajstić information content (AvgIpc) is 2.77. The molecule has 2 heterocycles. The fraction of sp³-hybridized carbons (Fsp3) is 0.923. The molecule has 2 aliphatic rings. The molecular formula is C13H24N2O2. The number of nitrogens with one attached hydrogen (secondary N) is 1. The molecule has 2 atom stereocenters. The van der Waals surface area contributed by atoms with E-state index in [0.29, 0.717) is 19.1 Å². The molecule has 2 saturated heterocycles. The van der Waals surface area contributed by atoms with E-state index in [1.165, 1.54) is 6.42 Å². The smallest absolute Gasteiger partial charge is 0.253 e. The van der Waals surface area contributed by atoms with Gasteiger partial charge < -0.3 is 15.0 Å². The van der Waals surface area contributed by atoms with Crippen LogP contribution in [-0.4, -0.2) is 49.7 Å². The van der Waals surface area contributed by atoms with E-state index in [1.807, 2.05) is 4.90 Å². The molecule has 0 aromatic heterocycles. The lowest BCUT2D eigenvalue weighted by Gasteiger charge is -2.27. The Bertz CT molecular complexity index is 262. The zero-order chi connectivity index (χ0) is 12.3. The van der Waals surface area contributed by atoms with Crippen LogP contribution in [0.5, 0.6) is 0 Å². The molecule has 0 spiro atoms. The summed E-state index contributed by atoms with van der Waals surface area (Å²) in [5.74, 6) is 1.60. The molecule has 0 aromatic rings. The molecule has 4 heteroatoms. The third-order valence-electron chi connectivity index (χ3n) is 3.61. The number of amides is 1. The predicted molar refractivity (Wildman–Crippen MR) is 66.8 cm³/mol. The second kappa shape index (κ2) is 5.83. The van der Waals surface area contributed by atoms with Crippen molar-refractivity contribution in [3.63, 3.8) is 0 Å². The lowest BCUT2D eigenvalue weighted by Crippen LogP contribution is -2.48. The summed E-state index contributed by atoms with van der Waals surface area (Å²) in [5, 5.41) is 3.21. The highest BCUT2D eigenvalue weighted by Crippen LogP contribution is 2.24. The average molecular weight is 240 g/mol. The monoisotopic (exact) mass is 240 g/mol. The van der Waals surface area contributed by atoms with Gasteiger partial charge in [0.25, 0.3) is 5.91 Å². The Balaban J connectivity index is 1.80. The van der Waals surface area contributed by atoms with Crippen molar-refractivity contribution < 1.29 is 9.53 Å². The Morgan fingerprint density at radius 3 is 3.00 bits per heavy atom. The maximum Gasteiger partial charge on any atom is 0.253 e. The van der Waals surface area contributed by atoms with Crippen molar-refractivity contribution in [3.8, 4) is 0 Å². The van der Waals surface area contributed by atoms with Crippen molar-refractivity contribution >= 4 is 5.91 Å². The molecule has 1 amide bonds. The van der Waals surface area contributed by atoms with Crippen LogP contribution in [0.4, 0.5) is 0 Å². The Hall–Kier alpha value is -0.610. The first-order valence-electron chi connectivity index (χ1n) is 6.78. The number of morpholine rings is 1. The van der Waals surface area contributed by atoms with Crippen LogP contribution in [0, 0.1) is 11.8 Å². The van der Waals surface area contributed by atoms with Crippen LogP contribution >= 0.6 is 0 Å². The van der Waals surface area contributed by atoms with Crippen molar-refractivity contribution in [3.05, 3.63) is 0 Å². The van der Waals surface area contributed by atoms with Crippen molar-refractivity contribution in [2.24, 2.45) is 11.8 Å².